The lowest BCUT2D eigenvalue weighted by Gasteiger charge is -2.20. The minimum Gasteiger partial charge on any atom is -0.362 e. The molecule has 1 heterocycles. The Morgan fingerprint density at radius 3 is 2.26 bits per heavy atom. The molecule has 0 saturated carbocycles. The largest absolute Gasteiger partial charge is 0.362 e. The molecule has 5 N–H and O–H groups in total. The number of likely N-dealkylation sites (N-methyl/N-ethyl adjacent to an activating group) is 1. The Kier molecular flexibility index (Phi) is 18.6. The van der Waals surface area contributed by atoms with Gasteiger partial charge in [-0.1, -0.05) is 63.7 Å². The van der Waals surface area contributed by atoms with Crippen molar-refractivity contribution in [3.8, 4) is 0 Å². The molecule has 1 aliphatic rings. The number of hydrogen-bond donors (Lipinski definition) is 5. The van der Waals surface area contributed by atoms with Gasteiger partial charge in [0.25, 0.3) is 0 Å². The van der Waals surface area contributed by atoms with E-state index in [-0.39, 0.29) is 18.4 Å². The molecule has 39 heavy (non-hydrogen) atoms. The highest BCUT2D eigenvalue weighted by Crippen LogP contribution is 2.33. The van der Waals surface area contributed by atoms with Crippen LogP contribution in [0.4, 0.5) is 11.4 Å². The highest BCUT2D eigenvalue weighted by atomic mass is 16.2. The van der Waals surface area contributed by atoms with Gasteiger partial charge in [-0.15, -0.1) is 0 Å². The van der Waals surface area contributed by atoms with Crippen LogP contribution in [0.25, 0.3) is 0 Å². The molecular weight excluding hydrogens is 488 g/mol. The van der Waals surface area contributed by atoms with Gasteiger partial charge in [-0.25, -0.2) is 0 Å². The maximum absolute atomic E-state index is 11.6. The van der Waals surface area contributed by atoms with Crippen LogP contribution < -0.4 is 26.6 Å². The van der Waals surface area contributed by atoms with E-state index in [2.05, 4.69) is 78.0 Å². The standard InChI is InChI=1S/C14H18N4O2.C10H13N.C5H13N.C2H6/c1-15-8-14(20)18-13(17-9-19)6-10-7-16-12-5-3-2-4-11(10)12;1-3-9-7-5-6-8-10(9)11-4-2;1-5(2,3)6-4;1-2/h2-5,7,9-10,13,15H,6,8H2,1H3,(H,17,19)(H,18,20);4-8,11H,2-3H2,1H3;6H,1-4H3;1-2H3. The topological polar surface area (TPSA) is 107 Å². The van der Waals surface area contributed by atoms with Gasteiger partial charge in [0.15, 0.2) is 0 Å². The Morgan fingerprint density at radius 2 is 1.69 bits per heavy atom. The number of nitrogens with one attached hydrogen (secondary N) is 5. The first-order valence-corrected chi connectivity index (χ1v) is 13.6. The zero-order chi connectivity index (χ0) is 29.7. The van der Waals surface area contributed by atoms with E-state index in [0.717, 1.165) is 23.4 Å². The highest BCUT2D eigenvalue weighted by molar-refractivity contribution is 5.81. The van der Waals surface area contributed by atoms with Crippen molar-refractivity contribution >= 4 is 29.9 Å². The van der Waals surface area contributed by atoms with Crippen molar-refractivity contribution in [1.29, 1.82) is 0 Å². The Morgan fingerprint density at radius 1 is 1.08 bits per heavy atom. The molecule has 0 radical (unpaired) electrons. The molecule has 2 unspecified atom stereocenters. The van der Waals surface area contributed by atoms with Gasteiger partial charge in [-0.3, -0.25) is 14.6 Å². The summed E-state index contributed by atoms with van der Waals surface area (Å²) >= 11 is 0. The summed E-state index contributed by atoms with van der Waals surface area (Å²) in [6.45, 7) is 16.4. The van der Waals surface area contributed by atoms with Crippen LogP contribution in [0.1, 0.15) is 65.0 Å². The quantitative estimate of drug-likeness (QED) is 0.213. The Hall–Kier alpha value is -3.49. The molecule has 0 bridgehead atoms. The normalized spacial score (nSPS) is 13.5. The lowest BCUT2D eigenvalue weighted by molar-refractivity contribution is -0.121. The number of nitrogens with zero attached hydrogens (tertiary/aromatic N) is 1. The van der Waals surface area contributed by atoms with Crippen LogP contribution in [0.3, 0.4) is 0 Å². The monoisotopic (exact) mass is 538 g/mol. The summed E-state index contributed by atoms with van der Waals surface area (Å²) in [7, 11) is 3.65. The highest BCUT2D eigenvalue weighted by Gasteiger charge is 2.23. The fourth-order valence-corrected chi connectivity index (χ4v) is 3.35. The second kappa shape index (κ2) is 20.5. The van der Waals surface area contributed by atoms with Crippen LogP contribution in [-0.2, 0) is 16.0 Å². The lowest BCUT2D eigenvalue weighted by atomic mass is 9.96. The predicted octanol–water partition coefficient (Wildman–Crippen LogP) is 5.12. The number of anilines is 1. The maximum atomic E-state index is 11.6. The average Bonchev–Trinajstić information content (AvgIpc) is 3.33. The number of aliphatic imine (C=N–C) groups is 1. The van der Waals surface area contributed by atoms with Crippen LogP contribution in [-0.4, -0.2) is 50.9 Å². The summed E-state index contributed by atoms with van der Waals surface area (Å²) in [5.41, 5.74) is 4.84. The molecule has 0 fully saturated rings. The van der Waals surface area contributed by atoms with E-state index in [1.54, 1.807) is 13.2 Å². The van der Waals surface area contributed by atoms with E-state index < -0.39 is 6.17 Å². The van der Waals surface area contributed by atoms with Crippen LogP contribution in [0.2, 0.25) is 0 Å². The summed E-state index contributed by atoms with van der Waals surface area (Å²) in [4.78, 5) is 26.6. The summed E-state index contributed by atoms with van der Waals surface area (Å²) < 4.78 is 0. The van der Waals surface area contributed by atoms with E-state index in [0.29, 0.717) is 18.4 Å². The number of carbonyl (C=O) groups is 2. The number of benzene rings is 2. The molecule has 0 aromatic heterocycles. The summed E-state index contributed by atoms with van der Waals surface area (Å²) in [5, 5.41) is 14.4. The molecule has 8 heteroatoms. The van der Waals surface area contributed by atoms with Gasteiger partial charge in [0, 0.05) is 23.4 Å². The number of rotatable bonds is 10. The number of aryl methyl sites for hydroxylation is 1. The molecule has 2 atom stereocenters. The zero-order valence-electron chi connectivity index (χ0n) is 25.1. The first kappa shape index (κ1) is 35.5. The zero-order valence-corrected chi connectivity index (χ0v) is 25.1. The van der Waals surface area contributed by atoms with E-state index in [1.165, 1.54) is 5.56 Å². The minimum atomic E-state index is -0.407. The Balaban J connectivity index is 0.000000637. The molecule has 3 rings (SSSR count). The van der Waals surface area contributed by atoms with Gasteiger partial charge >= 0.3 is 0 Å². The van der Waals surface area contributed by atoms with E-state index in [4.69, 9.17) is 0 Å². The van der Waals surface area contributed by atoms with Gasteiger partial charge in [0.1, 0.15) is 6.17 Å². The number of hydrogen-bond acceptors (Lipinski definition) is 6. The maximum Gasteiger partial charge on any atom is 0.235 e. The third-order valence-electron chi connectivity index (χ3n) is 5.57. The van der Waals surface area contributed by atoms with E-state index in [9.17, 15) is 9.59 Å². The summed E-state index contributed by atoms with van der Waals surface area (Å²) in [6, 6.07) is 16.1. The third-order valence-corrected chi connectivity index (χ3v) is 5.57. The fraction of sp³-hybridized carbons (Fsp3) is 0.452. The number of carbonyl (C=O) groups excluding carboxylic acids is 2. The first-order chi connectivity index (χ1) is 18.7. The van der Waals surface area contributed by atoms with Gasteiger partial charge < -0.3 is 26.6 Å². The molecule has 0 spiro atoms. The molecular formula is C31H50N6O2. The van der Waals surface area contributed by atoms with Crippen molar-refractivity contribution < 1.29 is 9.59 Å². The molecule has 8 nitrogen and oxygen atoms in total. The second-order valence-electron chi connectivity index (χ2n) is 9.47. The van der Waals surface area contributed by atoms with Crippen LogP contribution in [0, 0.1) is 0 Å². The molecule has 0 aliphatic carbocycles. The van der Waals surface area contributed by atoms with Gasteiger partial charge in [-0.2, -0.15) is 0 Å². The molecule has 2 aromatic carbocycles. The fourth-order valence-electron chi connectivity index (χ4n) is 3.35. The van der Waals surface area contributed by atoms with Crippen molar-refractivity contribution in [2.45, 2.75) is 72.0 Å². The predicted molar refractivity (Wildman–Crippen MR) is 167 cm³/mol. The average molecular weight is 539 g/mol. The van der Waals surface area contributed by atoms with E-state index >= 15 is 0 Å². The van der Waals surface area contributed by atoms with E-state index in [1.807, 2.05) is 63.5 Å². The molecule has 216 valence electrons. The molecule has 1 aliphatic heterocycles. The van der Waals surface area contributed by atoms with Gasteiger partial charge in [0.2, 0.25) is 12.3 Å². The van der Waals surface area contributed by atoms with Crippen molar-refractivity contribution in [2.24, 2.45) is 4.99 Å². The van der Waals surface area contributed by atoms with Gasteiger partial charge in [0.05, 0.1) is 12.2 Å². The Bertz CT molecular complexity index is 1000. The van der Waals surface area contributed by atoms with Crippen LogP contribution in [0.5, 0.6) is 0 Å². The number of para-hydroxylation sites is 2. The van der Waals surface area contributed by atoms with Crippen LogP contribution >= 0.6 is 0 Å². The molecule has 2 aromatic rings. The second-order valence-corrected chi connectivity index (χ2v) is 9.47. The van der Waals surface area contributed by atoms with Crippen LogP contribution in [0.15, 0.2) is 66.3 Å². The molecule has 2 amide bonds. The van der Waals surface area contributed by atoms with Crippen molar-refractivity contribution in [3.63, 3.8) is 0 Å². The van der Waals surface area contributed by atoms with Crippen molar-refractivity contribution in [3.05, 3.63) is 72.4 Å². The minimum absolute atomic E-state index is 0.0959. The first-order valence-electron chi connectivity index (χ1n) is 13.6. The van der Waals surface area contributed by atoms with Crippen molar-refractivity contribution in [1.82, 2.24) is 21.3 Å². The summed E-state index contributed by atoms with van der Waals surface area (Å²) in [5.74, 6) is -0.0615. The lowest BCUT2D eigenvalue weighted by Crippen LogP contribution is -2.48. The SMILES string of the molecule is C=CNc1ccccc1CC.CC.CNC(C)(C)C.CNCC(=O)NC(CC1C=Nc2ccccc21)NC=O. The third kappa shape index (κ3) is 14.9. The number of fused-ring (bicyclic) bond motifs is 1. The molecule has 0 saturated heterocycles. The summed E-state index contributed by atoms with van der Waals surface area (Å²) in [6.07, 6.45) is 5.38. The Labute approximate surface area is 236 Å². The van der Waals surface area contributed by atoms with Crippen molar-refractivity contribution in [2.75, 3.05) is 26.0 Å². The smallest absolute Gasteiger partial charge is 0.235 e. The van der Waals surface area contributed by atoms with Gasteiger partial charge in [-0.05, 0) is 77.2 Å². The number of amides is 2.